The Kier molecular flexibility index (Phi) is 7.87. The van der Waals surface area contributed by atoms with Crippen molar-refractivity contribution < 1.29 is 14.3 Å². The standard InChI is InChI=1S/C23H34N4O3/c1-17-22(18(2)27(4)25-17)15-23(28)24-16-19-6-5-7-21(14-19)30-13-10-26(3)20-8-11-29-12-9-20/h5-7,14,20H,8-13,15-16H2,1-4H3,(H,24,28). The molecule has 2 heterocycles. The number of amides is 1. The maximum absolute atomic E-state index is 12.4. The van der Waals surface area contributed by atoms with Gasteiger partial charge in [-0.3, -0.25) is 14.4 Å². The minimum Gasteiger partial charge on any atom is -0.492 e. The van der Waals surface area contributed by atoms with Crippen LogP contribution in [0.25, 0.3) is 0 Å². The Morgan fingerprint density at radius 1 is 1.33 bits per heavy atom. The topological polar surface area (TPSA) is 68.6 Å². The van der Waals surface area contributed by atoms with Gasteiger partial charge in [0, 0.05) is 50.7 Å². The van der Waals surface area contributed by atoms with E-state index in [1.165, 1.54) is 0 Å². The van der Waals surface area contributed by atoms with E-state index in [4.69, 9.17) is 9.47 Å². The number of aryl methyl sites for hydroxylation is 2. The lowest BCUT2D eigenvalue weighted by molar-refractivity contribution is -0.120. The maximum atomic E-state index is 12.4. The summed E-state index contributed by atoms with van der Waals surface area (Å²) in [5.41, 5.74) is 3.97. The molecule has 0 saturated carbocycles. The fourth-order valence-electron chi connectivity index (χ4n) is 3.86. The number of likely N-dealkylation sites (N-methyl/N-ethyl adjacent to an activating group) is 1. The van der Waals surface area contributed by atoms with E-state index in [9.17, 15) is 4.79 Å². The highest BCUT2D eigenvalue weighted by Crippen LogP contribution is 2.16. The van der Waals surface area contributed by atoms with Crippen LogP contribution in [0.15, 0.2) is 24.3 Å². The van der Waals surface area contributed by atoms with Crippen molar-refractivity contribution in [1.29, 1.82) is 0 Å². The summed E-state index contributed by atoms with van der Waals surface area (Å²) in [5.74, 6) is 0.833. The van der Waals surface area contributed by atoms with Crippen molar-refractivity contribution in [3.05, 3.63) is 46.8 Å². The number of hydrogen-bond donors (Lipinski definition) is 1. The SMILES string of the molecule is Cc1nn(C)c(C)c1CC(=O)NCc1cccc(OCCN(C)C2CCOCC2)c1. The van der Waals surface area contributed by atoms with Crippen LogP contribution in [-0.4, -0.2) is 60.0 Å². The fourth-order valence-corrected chi connectivity index (χ4v) is 3.86. The second kappa shape index (κ2) is 10.6. The molecule has 1 amide bonds. The average Bonchev–Trinajstić information content (AvgIpc) is 2.99. The van der Waals surface area contributed by atoms with E-state index in [1.54, 1.807) is 0 Å². The molecule has 7 nitrogen and oxygen atoms in total. The van der Waals surface area contributed by atoms with E-state index in [2.05, 4.69) is 22.4 Å². The van der Waals surface area contributed by atoms with E-state index >= 15 is 0 Å². The number of nitrogens with zero attached hydrogens (tertiary/aromatic N) is 3. The summed E-state index contributed by atoms with van der Waals surface area (Å²) < 4.78 is 13.2. The van der Waals surface area contributed by atoms with Crippen molar-refractivity contribution in [2.24, 2.45) is 7.05 Å². The zero-order valence-corrected chi connectivity index (χ0v) is 18.6. The minimum atomic E-state index is -0.00129. The molecule has 164 valence electrons. The van der Waals surface area contributed by atoms with Gasteiger partial charge in [-0.25, -0.2) is 0 Å². The third-order valence-corrected chi connectivity index (χ3v) is 5.91. The summed E-state index contributed by atoms with van der Waals surface area (Å²) in [5, 5.41) is 7.38. The number of nitrogens with one attached hydrogen (secondary N) is 1. The second-order valence-electron chi connectivity index (χ2n) is 8.05. The van der Waals surface area contributed by atoms with Gasteiger partial charge in [0.25, 0.3) is 0 Å². The smallest absolute Gasteiger partial charge is 0.224 e. The summed E-state index contributed by atoms with van der Waals surface area (Å²) in [6.07, 6.45) is 2.52. The van der Waals surface area contributed by atoms with E-state index in [0.717, 1.165) is 60.9 Å². The average molecular weight is 415 g/mol. The molecule has 0 bridgehead atoms. The van der Waals surface area contributed by atoms with Gasteiger partial charge in [0.05, 0.1) is 12.1 Å². The molecular formula is C23H34N4O3. The number of aromatic nitrogens is 2. The summed E-state index contributed by atoms with van der Waals surface area (Å²) in [6.45, 7) is 7.64. The van der Waals surface area contributed by atoms with Crippen LogP contribution in [0.3, 0.4) is 0 Å². The predicted molar refractivity (Wildman–Crippen MR) is 117 cm³/mol. The number of benzene rings is 1. The molecule has 0 unspecified atom stereocenters. The van der Waals surface area contributed by atoms with Gasteiger partial charge in [-0.05, 0) is 51.4 Å². The van der Waals surface area contributed by atoms with Crippen LogP contribution in [0.2, 0.25) is 0 Å². The maximum Gasteiger partial charge on any atom is 0.224 e. The van der Waals surface area contributed by atoms with Crippen molar-refractivity contribution in [3.63, 3.8) is 0 Å². The molecule has 0 radical (unpaired) electrons. The summed E-state index contributed by atoms with van der Waals surface area (Å²) >= 11 is 0. The molecule has 1 N–H and O–H groups in total. The van der Waals surface area contributed by atoms with Gasteiger partial charge in [-0.1, -0.05) is 12.1 Å². The molecule has 1 aromatic carbocycles. The van der Waals surface area contributed by atoms with Crippen molar-refractivity contribution in [1.82, 2.24) is 20.0 Å². The third-order valence-electron chi connectivity index (χ3n) is 5.91. The number of carbonyl (C=O) groups is 1. The zero-order valence-electron chi connectivity index (χ0n) is 18.6. The molecule has 1 saturated heterocycles. The lowest BCUT2D eigenvalue weighted by Crippen LogP contribution is -2.38. The van der Waals surface area contributed by atoms with Gasteiger partial charge in [0.1, 0.15) is 12.4 Å². The van der Waals surface area contributed by atoms with Crippen LogP contribution in [0, 0.1) is 13.8 Å². The Hall–Kier alpha value is -2.38. The highest BCUT2D eigenvalue weighted by atomic mass is 16.5. The Bertz CT molecular complexity index is 843. The predicted octanol–water partition coefficient (Wildman–Crippen LogP) is 2.39. The lowest BCUT2D eigenvalue weighted by atomic mass is 10.1. The summed E-state index contributed by atoms with van der Waals surface area (Å²) in [6, 6.07) is 8.50. The molecular weight excluding hydrogens is 380 g/mol. The molecule has 2 aromatic rings. The molecule has 3 rings (SSSR count). The molecule has 7 heteroatoms. The monoisotopic (exact) mass is 414 g/mol. The van der Waals surface area contributed by atoms with E-state index in [1.807, 2.05) is 49.8 Å². The number of hydrogen-bond acceptors (Lipinski definition) is 5. The van der Waals surface area contributed by atoms with Crippen LogP contribution in [-0.2, 0) is 29.5 Å². The first-order valence-electron chi connectivity index (χ1n) is 10.7. The van der Waals surface area contributed by atoms with Gasteiger partial charge < -0.3 is 14.8 Å². The van der Waals surface area contributed by atoms with Crippen molar-refractivity contribution >= 4 is 5.91 Å². The third kappa shape index (κ3) is 6.06. The van der Waals surface area contributed by atoms with E-state index in [-0.39, 0.29) is 5.91 Å². The molecule has 0 atom stereocenters. The van der Waals surface area contributed by atoms with Gasteiger partial charge in [-0.15, -0.1) is 0 Å². The zero-order chi connectivity index (χ0) is 21.5. The van der Waals surface area contributed by atoms with Gasteiger partial charge in [-0.2, -0.15) is 5.10 Å². The van der Waals surface area contributed by atoms with Crippen molar-refractivity contribution in [2.45, 2.75) is 45.7 Å². The first kappa shape index (κ1) is 22.3. The second-order valence-corrected chi connectivity index (χ2v) is 8.05. The van der Waals surface area contributed by atoms with Crippen LogP contribution < -0.4 is 10.1 Å². The number of rotatable bonds is 9. The first-order valence-corrected chi connectivity index (χ1v) is 10.7. The molecule has 1 aromatic heterocycles. The Labute approximate surface area is 179 Å². The quantitative estimate of drug-likeness (QED) is 0.682. The van der Waals surface area contributed by atoms with Crippen LogP contribution in [0.5, 0.6) is 5.75 Å². The molecule has 0 aliphatic carbocycles. The van der Waals surface area contributed by atoms with E-state index < -0.39 is 0 Å². The van der Waals surface area contributed by atoms with Gasteiger partial charge >= 0.3 is 0 Å². The normalized spacial score (nSPS) is 14.8. The largest absolute Gasteiger partial charge is 0.492 e. The summed E-state index contributed by atoms with van der Waals surface area (Å²) in [7, 11) is 4.05. The van der Waals surface area contributed by atoms with E-state index in [0.29, 0.717) is 25.6 Å². The van der Waals surface area contributed by atoms with Crippen molar-refractivity contribution in [2.75, 3.05) is 33.4 Å². The Balaban J connectivity index is 1.44. The fraction of sp³-hybridized carbons (Fsp3) is 0.565. The minimum absolute atomic E-state index is 0.00129. The first-order chi connectivity index (χ1) is 14.4. The molecule has 1 aliphatic heterocycles. The Morgan fingerprint density at radius 3 is 2.80 bits per heavy atom. The van der Waals surface area contributed by atoms with Crippen molar-refractivity contribution in [3.8, 4) is 5.75 Å². The highest BCUT2D eigenvalue weighted by molar-refractivity contribution is 5.79. The van der Waals surface area contributed by atoms with Crippen LogP contribution >= 0.6 is 0 Å². The van der Waals surface area contributed by atoms with Gasteiger partial charge in [0.2, 0.25) is 5.91 Å². The Morgan fingerprint density at radius 2 is 2.10 bits per heavy atom. The lowest BCUT2D eigenvalue weighted by Gasteiger charge is -2.31. The van der Waals surface area contributed by atoms with Crippen LogP contribution in [0.4, 0.5) is 0 Å². The molecule has 30 heavy (non-hydrogen) atoms. The van der Waals surface area contributed by atoms with Crippen LogP contribution in [0.1, 0.15) is 35.4 Å². The molecule has 1 fully saturated rings. The molecule has 1 aliphatic rings. The number of ether oxygens (including phenoxy) is 2. The highest BCUT2D eigenvalue weighted by Gasteiger charge is 2.18. The number of carbonyl (C=O) groups excluding carboxylic acids is 1. The van der Waals surface area contributed by atoms with Gasteiger partial charge in [0.15, 0.2) is 0 Å². The molecule has 0 spiro atoms. The summed E-state index contributed by atoms with van der Waals surface area (Å²) in [4.78, 5) is 14.7.